The molecule has 0 saturated heterocycles. The van der Waals surface area contributed by atoms with E-state index in [1.54, 1.807) is 6.20 Å². The van der Waals surface area contributed by atoms with Crippen molar-refractivity contribution >= 4 is 11.0 Å². The maximum absolute atomic E-state index is 11.9. The van der Waals surface area contributed by atoms with Gasteiger partial charge in [-0.2, -0.15) is 5.10 Å². The molecule has 98 valence electrons. The fraction of sp³-hybridized carbons (Fsp3) is 0.615. The van der Waals surface area contributed by atoms with Gasteiger partial charge in [0.25, 0.3) is 5.56 Å². The minimum Gasteiger partial charge on any atom is -0.310 e. The molecule has 0 aliphatic heterocycles. The molecule has 2 rings (SSSR count). The number of aryl methyl sites for hydroxylation is 1. The van der Waals surface area contributed by atoms with E-state index in [2.05, 4.69) is 35.8 Å². The van der Waals surface area contributed by atoms with E-state index in [0.29, 0.717) is 11.4 Å². The standard InChI is InChI=1S/C13H20N4O/c1-4-7-11-15-12-10(13(18)16-11)8-14-17(12)9(5-2)6-3/h8-9H,4-7H2,1-3H3,(H,15,16,18). The second-order valence-corrected chi connectivity index (χ2v) is 4.56. The Balaban J connectivity index is 2.59. The van der Waals surface area contributed by atoms with Gasteiger partial charge in [-0.25, -0.2) is 9.67 Å². The Morgan fingerprint density at radius 3 is 2.67 bits per heavy atom. The van der Waals surface area contributed by atoms with E-state index in [4.69, 9.17) is 0 Å². The van der Waals surface area contributed by atoms with Gasteiger partial charge in [0.05, 0.1) is 12.2 Å². The predicted molar refractivity (Wildman–Crippen MR) is 71.8 cm³/mol. The summed E-state index contributed by atoms with van der Waals surface area (Å²) in [6, 6.07) is 0.311. The van der Waals surface area contributed by atoms with Crippen LogP contribution in [0.25, 0.3) is 11.0 Å². The van der Waals surface area contributed by atoms with Crippen LogP contribution in [0.4, 0.5) is 0 Å². The summed E-state index contributed by atoms with van der Waals surface area (Å²) in [7, 11) is 0. The van der Waals surface area contributed by atoms with E-state index in [0.717, 1.165) is 37.2 Å². The number of rotatable bonds is 5. The van der Waals surface area contributed by atoms with Crippen molar-refractivity contribution in [3.63, 3.8) is 0 Å². The van der Waals surface area contributed by atoms with Crippen LogP contribution in [0.1, 0.15) is 51.9 Å². The molecule has 0 radical (unpaired) electrons. The molecule has 0 aliphatic rings. The van der Waals surface area contributed by atoms with Gasteiger partial charge in [0, 0.05) is 6.42 Å². The zero-order chi connectivity index (χ0) is 13.1. The molecule has 0 amide bonds. The van der Waals surface area contributed by atoms with Crippen LogP contribution in [-0.4, -0.2) is 19.7 Å². The zero-order valence-electron chi connectivity index (χ0n) is 11.2. The SMILES string of the molecule is CCCc1nc2c(cnn2C(CC)CC)c(=O)[nH]1. The minimum absolute atomic E-state index is 0.0827. The van der Waals surface area contributed by atoms with Gasteiger partial charge < -0.3 is 4.98 Å². The van der Waals surface area contributed by atoms with Crippen LogP contribution in [0.15, 0.2) is 11.0 Å². The fourth-order valence-corrected chi connectivity index (χ4v) is 2.24. The van der Waals surface area contributed by atoms with Crippen LogP contribution in [0.3, 0.4) is 0 Å². The molecule has 0 aromatic carbocycles. The summed E-state index contributed by atoms with van der Waals surface area (Å²) in [5.41, 5.74) is 0.636. The van der Waals surface area contributed by atoms with Gasteiger partial charge in [-0.1, -0.05) is 20.8 Å². The molecule has 0 aliphatic carbocycles. The fourth-order valence-electron chi connectivity index (χ4n) is 2.24. The third kappa shape index (κ3) is 2.17. The highest BCUT2D eigenvalue weighted by molar-refractivity contribution is 5.73. The molecule has 2 aromatic rings. The zero-order valence-corrected chi connectivity index (χ0v) is 11.2. The Kier molecular flexibility index (Phi) is 3.79. The highest BCUT2D eigenvalue weighted by Gasteiger charge is 2.14. The first-order chi connectivity index (χ1) is 8.71. The quantitative estimate of drug-likeness (QED) is 0.883. The topological polar surface area (TPSA) is 63.6 Å². The highest BCUT2D eigenvalue weighted by atomic mass is 16.1. The summed E-state index contributed by atoms with van der Waals surface area (Å²) in [5, 5.41) is 4.92. The largest absolute Gasteiger partial charge is 0.310 e. The third-order valence-corrected chi connectivity index (χ3v) is 3.29. The summed E-state index contributed by atoms with van der Waals surface area (Å²) in [4.78, 5) is 19.3. The maximum Gasteiger partial charge on any atom is 0.262 e. The lowest BCUT2D eigenvalue weighted by molar-refractivity contribution is 0.438. The first-order valence-corrected chi connectivity index (χ1v) is 6.67. The summed E-state index contributed by atoms with van der Waals surface area (Å²) < 4.78 is 1.89. The first-order valence-electron chi connectivity index (χ1n) is 6.67. The summed E-state index contributed by atoms with van der Waals surface area (Å²) in [5.74, 6) is 0.753. The van der Waals surface area contributed by atoms with Gasteiger partial charge in [0.1, 0.15) is 11.2 Å². The second-order valence-electron chi connectivity index (χ2n) is 4.56. The minimum atomic E-state index is -0.0827. The highest BCUT2D eigenvalue weighted by Crippen LogP contribution is 2.19. The number of fused-ring (bicyclic) bond motifs is 1. The Bertz CT molecular complexity index is 580. The number of nitrogens with zero attached hydrogens (tertiary/aromatic N) is 3. The van der Waals surface area contributed by atoms with Crippen molar-refractivity contribution in [2.45, 2.75) is 52.5 Å². The van der Waals surface area contributed by atoms with Gasteiger partial charge >= 0.3 is 0 Å². The average molecular weight is 248 g/mol. The Morgan fingerprint density at radius 2 is 2.06 bits per heavy atom. The van der Waals surface area contributed by atoms with Crippen molar-refractivity contribution in [3.8, 4) is 0 Å². The van der Waals surface area contributed by atoms with Gasteiger partial charge in [-0.05, 0) is 19.3 Å². The van der Waals surface area contributed by atoms with Crippen LogP contribution < -0.4 is 5.56 Å². The smallest absolute Gasteiger partial charge is 0.262 e. The lowest BCUT2D eigenvalue weighted by Gasteiger charge is -2.13. The van der Waals surface area contributed by atoms with Crippen molar-refractivity contribution in [1.82, 2.24) is 19.7 Å². The molecule has 1 N–H and O–H groups in total. The number of hydrogen-bond acceptors (Lipinski definition) is 3. The average Bonchev–Trinajstić information content (AvgIpc) is 2.76. The Hall–Kier alpha value is -1.65. The maximum atomic E-state index is 11.9. The lowest BCUT2D eigenvalue weighted by Crippen LogP contribution is -2.14. The molecule has 2 aromatic heterocycles. The molecule has 18 heavy (non-hydrogen) atoms. The van der Waals surface area contributed by atoms with Gasteiger partial charge in [0.2, 0.25) is 0 Å². The van der Waals surface area contributed by atoms with Crippen molar-refractivity contribution in [3.05, 3.63) is 22.4 Å². The predicted octanol–water partition coefficient (Wildman–Crippen LogP) is 2.43. The molecule has 2 heterocycles. The number of H-pyrrole nitrogens is 1. The van der Waals surface area contributed by atoms with E-state index in [1.165, 1.54) is 0 Å². The number of nitrogens with one attached hydrogen (secondary N) is 1. The normalized spacial score (nSPS) is 11.6. The van der Waals surface area contributed by atoms with Gasteiger partial charge in [-0.3, -0.25) is 4.79 Å². The van der Waals surface area contributed by atoms with Crippen LogP contribution >= 0.6 is 0 Å². The van der Waals surface area contributed by atoms with E-state index in [1.807, 2.05) is 4.68 Å². The number of hydrogen-bond donors (Lipinski definition) is 1. The van der Waals surface area contributed by atoms with Gasteiger partial charge in [-0.15, -0.1) is 0 Å². The van der Waals surface area contributed by atoms with Crippen molar-refractivity contribution in [2.75, 3.05) is 0 Å². The summed E-state index contributed by atoms with van der Waals surface area (Å²) in [6.07, 6.45) is 5.36. The molecule has 0 fully saturated rings. The molecule has 0 atom stereocenters. The number of aromatic amines is 1. The van der Waals surface area contributed by atoms with Crippen LogP contribution in [0.5, 0.6) is 0 Å². The third-order valence-electron chi connectivity index (χ3n) is 3.29. The van der Waals surface area contributed by atoms with E-state index < -0.39 is 0 Å². The van der Waals surface area contributed by atoms with E-state index in [-0.39, 0.29) is 5.56 Å². The molecule has 5 nitrogen and oxygen atoms in total. The molecule has 0 unspecified atom stereocenters. The molecular weight excluding hydrogens is 228 g/mol. The molecular formula is C13H20N4O. The summed E-state index contributed by atoms with van der Waals surface area (Å²) >= 11 is 0. The number of aromatic nitrogens is 4. The molecule has 0 spiro atoms. The Labute approximate surface area is 106 Å². The molecule has 0 saturated carbocycles. The molecule has 5 heteroatoms. The second kappa shape index (κ2) is 5.33. The summed E-state index contributed by atoms with van der Waals surface area (Å²) in [6.45, 7) is 6.33. The lowest BCUT2D eigenvalue weighted by atomic mass is 10.2. The van der Waals surface area contributed by atoms with Gasteiger partial charge in [0.15, 0.2) is 5.65 Å². The van der Waals surface area contributed by atoms with Crippen molar-refractivity contribution < 1.29 is 0 Å². The van der Waals surface area contributed by atoms with E-state index in [9.17, 15) is 4.79 Å². The van der Waals surface area contributed by atoms with Crippen LogP contribution in [0.2, 0.25) is 0 Å². The van der Waals surface area contributed by atoms with E-state index >= 15 is 0 Å². The molecule has 0 bridgehead atoms. The first kappa shape index (κ1) is 12.8. The Morgan fingerprint density at radius 1 is 1.33 bits per heavy atom. The monoisotopic (exact) mass is 248 g/mol. The van der Waals surface area contributed by atoms with Crippen LogP contribution in [-0.2, 0) is 6.42 Å². The van der Waals surface area contributed by atoms with Crippen molar-refractivity contribution in [1.29, 1.82) is 0 Å². The van der Waals surface area contributed by atoms with Crippen molar-refractivity contribution in [2.24, 2.45) is 0 Å². The van der Waals surface area contributed by atoms with Crippen LogP contribution in [0, 0.1) is 0 Å².